The Hall–Kier alpha value is -1.87. The van der Waals surface area contributed by atoms with E-state index in [0.717, 1.165) is 6.54 Å². The lowest BCUT2D eigenvalue weighted by atomic mass is 10.0. The first-order valence-electron chi connectivity index (χ1n) is 6.58. The van der Waals surface area contributed by atoms with E-state index in [4.69, 9.17) is 5.11 Å². The van der Waals surface area contributed by atoms with Gasteiger partial charge in [0.15, 0.2) is 0 Å². The van der Waals surface area contributed by atoms with Crippen molar-refractivity contribution in [1.29, 1.82) is 0 Å². The molecule has 2 rings (SSSR count). The minimum Gasteiger partial charge on any atom is -0.481 e. The van der Waals surface area contributed by atoms with Crippen molar-refractivity contribution in [2.45, 2.75) is 32.4 Å². The minimum absolute atomic E-state index is 0.204. The fourth-order valence-electron chi connectivity index (χ4n) is 2.17. The lowest BCUT2D eigenvalue weighted by Gasteiger charge is -2.14. The third-order valence-corrected chi connectivity index (χ3v) is 3.31. The summed E-state index contributed by atoms with van der Waals surface area (Å²) in [6.45, 7) is 2.79. The number of nitrogens with one attached hydrogen (secondary N) is 1. The van der Waals surface area contributed by atoms with E-state index in [1.165, 1.54) is 16.3 Å². The van der Waals surface area contributed by atoms with Gasteiger partial charge in [-0.3, -0.25) is 4.79 Å². The van der Waals surface area contributed by atoms with Gasteiger partial charge in [0, 0.05) is 19.0 Å². The van der Waals surface area contributed by atoms with Gasteiger partial charge in [-0.1, -0.05) is 42.5 Å². The zero-order valence-corrected chi connectivity index (χ0v) is 11.1. The molecule has 2 aromatic rings. The molecule has 3 nitrogen and oxygen atoms in total. The second-order valence-corrected chi connectivity index (χ2v) is 4.85. The van der Waals surface area contributed by atoms with Crippen LogP contribution in [0.5, 0.6) is 0 Å². The third kappa shape index (κ3) is 3.80. The molecule has 0 aliphatic heterocycles. The monoisotopic (exact) mass is 257 g/mol. The first kappa shape index (κ1) is 13.6. The summed E-state index contributed by atoms with van der Waals surface area (Å²) in [6.07, 6.45) is 0.865. The van der Waals surface area contributed by atoms with E-state index in [1.807, 2.05) is 19.1 Å². The molecule has 1 unspecified atom stereocenters. The smallest absolute Gasteiger partial charge is 0.303 e. The number of benzene rings is 2. The molecular weight excluding hydrogens is 238 g/mol. The average Bonchev–Trinajstić information content (AvgIpc) is 2.42. The Morgan fingerprint density at radius 2 is 1.95 bits per heavy atom. The molecule has 0 saturated heterocycles. The Morgan fingerprint density at radius 3 is 2.74 bits per heavy atom. The van der Waals surface area contributed by atoms with Gasteiger partial charge in [-0.05, 0) is 29.7 Å². The molecular formula is C16H19NO2. The molecule has 3 heteroatoms. The number of fused-ring (bicyclic) bond motifs is 1. The van der Waals surface area contributed by atoms with Gasteiger partial charge in [-0.25, -0.2) is 0 Å². The van der Waals surface area contributed by atoms with Crippen molar-refractivity contribution in [2.24, 2.45) is 0 Å². The van der Waals surface area contributed by atoms with Crippen LogP contribution in [0.1, 0.15) is 25.3 Å². The molecule has 100 valence electrons. The molecule has 0 aliphatic carbocycles. The molecule has 0 radical (unpaired) electrons. The number of aliphatic carboxylic acids is 1. The van der Waals surface area contributed by atoms with Crippen LogP contribution in [0.2, 0.25) is 0 Å². The largest absolute Gasteiger partial charge is 0.481 e. The standard InChI is InChI=1S/C16H19NO2/c1-12(9-10-16(18)19)17-11-14-7-4-6-13-5-2-3-8-15(13)14/h2-8,12,17H,9-11H2,1H3,(H,18,19). The van der Waals surface area contributed by atoms with Gasteiger partial charge in [0.1, 0.15) is 0 Å². The molecule has 0 bridgehead atoms. The number of rotatable bonds is 6. The third-order valence-electron chi connectivity index (χ3n) is 3.31. The van der Waals surface area contributed by atoms with Gasteiger partial charge in [0.05, 0.1) is 0 Å². The van der Waals surface area contributed by atoms with Crippen LogP contribution in [0, 0.1) is 0 Å². The predicted octanol–water partition coefficient (Wildman–Crippen LogP) is 3.18. The van der Waals surface area contributed by atoms with Crippen LogP contribution < -0.4 is 5.32 Å². The molecule has 0 amide bonds. The maximum absolute atomic E-state index is 10.5. The first-order valence-corrected chi connectivity index (χ1v) is 6.58. The summed E-state index contributed by atoms with van der Waals surface area (Å²) in [6, 6.07) is 14.8. The van der Waals surface area contributed by atoms with E-state index in [9.17, 15) is 4.79 Å². The molecule has 19 heavy (non-hydrogen) atoms. The second-order valence-electron chi connectivity index (χ2n) is 4.85. The van der Waals surface area contributed by atoms with Crippen LogP contribution in [0.25, 0.3) is 10.8 Å². The summed E-state index contributed by atoms with van der Waals surface area (Å²) in [4.78, 5) is 10.5. The summed E-state index contributed by atoms with van der Waals surface area (Å²) in [7, 11) is 0. The van der Waals surface area contributed by atoms with E-state index in [1.54, 1.807) is 0 Å². The average molecular weight is 257 g/mol. The van der Waals surface area contributed by atoms with Gasteiger partial charge in [0.2, 0.25) is 0 Å². The maximum Gasteiger partial charge on any atom is 0.303 e. The summed E-state index contributed by atoms with van der Waals surface area (Å²) < 4.78 is 0. The molecule has 0 aliphatic rings. The molecule has 0 saturated carbocycles. The summed E-state index contributed by atoms with van der Waals surface area (Å²) in [5, 5.41) is 14.5. The van der Waals surface area contributed by atoms with Crippen LogP contribution >= 0.6 is 0 Å². The highest BCUT2D eigenvalue weighted by Crippen LogP contribution is 2.18. The topological polar surface area (TPSA) is 49.3 Å². The SMILES string of the molecule is CC(CCC(=O)O)NCc1cccc2ccccc12. The van der Waals surface area contributed by atoms with E-state index < -0.39 is 5.97 Å². The van der Waals surface area contributed by atoms with Crippen molar-refractivity contribution in [3.63, 3.8) is 0 Å². The number of carboxylic acids is 1. The molecule has 0 aromatic heterocycles. The van der Waals surface area contributed by atoms with Crippen molar-refractivity contribution in [3.8, 4) is 0 Å². The number of carboxylic acid groups (broad SMARTS) is 1. The predicted molar refractivity (Wildman–Crippen MR) is 77.1 cm³/mol. The quantitative estimate of drug-likeness (QED) is 0.835. The van der Waals surface area contributed by atoms with Crippen molar-refractivity contribution in [3.05, 3.63) is 48.0 Å². The van der Waals surface area contributed by atoms with Gasteiger partial charge in [0.25, 0.3) is 0 Å². The van der Waals surface area contributed by atoms with E-state index >= 15 is 0 Å². The van der Waals surface area contributed by atoms with Crippen molar-refractivity contribution < 1.29 is 9.90 Å². The van der Waals surface area contributed by atoms with Gasteiger partial charge in [-0.2, -0.15) is 0 Å². The Kier molecular flexibility index (Phi) is 4.53. The summed E-state index contributed by atoms with van der Waals surface area (Å²) in [5.74, 6) is -0.737. The molecule has 0 heterocycles. The highest BCUT2D eigenvalue weighted by atomic mass is 16.4. The molecule has 0 spiro atoms. The van der Waals surface area contributed by atoms with Gasteiger partial charge < -0.3 is 10.4 Å². The van der Waals surface area contributed by atoms with Crippen LogP contribution in [0.4, 0.5) is 0 Å². The number of hydrogen-bond acceptors (Lipinski definition) is 2. The highest BCUT2D eigenvalue weighted by molar-refractivity contribution is 5.85. The molecule has 2 N–H and O–H groups in total. The Morgan fingerprint density at radius 1 is 1.21 bits per heavy atom. The van der Waals surface area contributed by atoms with Gasteiger partial charge in [-0.15, -0.1) is 0 Å². The van der Waals surface area contributed by atoms with E-state index in [0.29, 0.717) is 6.42 Å². The van der Waals surface area contributed by atoms with Crippen LogP contribution in [0.15, 0.2) is 42.5 Å². The first-order chi connectivity index (χ1) is 9.16. The molecule has 1 atom stereocenters. The lowest BCUT2D eigenvalue weighted by Crippen LogP contribution is -2.26. The number of carbonyl (C=O) groups is 1. The zero-order valence-electron chi connectivity index (χ0n) is 11.1. The maximum atomic E-state index is 10.5. The summed E-state index contributed by atoms with van der Waals surface area (Å²) in [5.41, 5.74) is 1.25. The molecule has 2 aromatic carbocycles. The lowest BCUT2D eigenvalue weighted by molar-refractivity contribution is -0.137. The van der Waals surface area contributed by atoms with Crippen molar-refractivity contribution in [2.75, 3.05) is 0 Å². The Bertz CT molecular complexity index is 560. The number of hydrogen-bond donors (Lipinski definition) is 2. The van der Waals surface area contributed by atoms with Crippen LogP contribution in [-0.4, -0.2) is 17.1 Å². The fraction of sp³-hybridized carbons (Fsp3) is 0.312. The second kappa shape index (κ2) is 6.34. The fourth-order valence-corrected chi connectivity index (χ4v) is 2.17. The van der Waals surface area contributed by atoms with E-state index in [2.05, 4.69) is 35.6 Å². The minimum atomic E-state index is -0.737. The van der Waals surface area contributed by atoms with E-state index in [-0.39, 0.29) is 12.5 Å². The normalized spacial score (nSPS) is 12.5. The van der Waals surface area contributed by atoms with Gasteiger partial charge >= 0.3 is 5.97 Å². The zero-order chi connectivity index (χ0) is 13.7. The van der Waals surface area contributed by atoms with Crippen LogP contribution in [0.3, 0.4) is 0 Å². The Balaban J connectivity index is 2.00. The molecule has 0 fully saturated rings. The highest BCUT2D eigenvalue weighted by Gasteiger charge is 2.06. The van der Waals surface area contributed by atoms with Crippen molar-refractivity contribution in [1.82, 2.24) is 5.32 Å². The van der Waals surface area contributed by atoms with Crippen LogP contribution in [-0.2, 0) is 11.3 Å². The summed E-state index contributed by atoms with van der Waals surface area (Å²) >= 11 is 0. The van der Waals surface area contributed by atoms with Crippen molar-refractivity contribution >= 4 is 16.7 Å². The Labute approximate surface area is 113 Å².